The van der Waals surface area contributed by atoms with Crippen LogP contribution in [0.1, 0.15) is 18.9 Å². The van der Waals surface area contributed by atoms with Gasteiger partial charge in [-0.1, -0.05) is 13.3 Å². The Kier molecular flexibility index (Phi) is 3.77. The van der Waals surface area contributed by atoms with Gasteiger partial charge >= 0.3 is 0 Å². The molecule has 2 rings (SSSR count). The highest BCUT2D eigenvalue weighted by Gasteiger charge is 2.06. The fourth-order valence-electron chi connectivity index (χ4n) is 1.75. The Morgan fingerprint density at radius 2 is 1.72 bits per heavy atom. The van der Waals surface area contributed by atoms with Gasteiger partial charge < -0.3 is 10.6 Å². The van der Waals surface area contributed by atoms with Crippen molar-refractivity contribution in [1.82, 2.24) is 9.97 Å². The van der Waals surface area contributed by atoms with Crippen LogP contribution in [0.3, 0.4) is 0 Å². The number of nitrogen functional groups attached to an aromatic ring is 1. The number of aromatic nitrogens is 2. The quantitative estimate of drug-likeness (QED) is 0.838. The molecule has 0 saturated heterocycles. The van der Waals surface area contributed by atoms with Crippen LogP contribution >= 0.6 is 0 Å². The third-order valence-corrected chi connectivity index (χ3v) is 2.81. The van der Waals surface area contributed by atoms with E-state index in [1.807, 2.05) is 48.6 Å². The molecule has 2 N–H and O–H groups in total. The second-order valence-corrected chi connectivity index (χ2v) is 4.29. The van der Waals surface area contributed by atoms with Crippen molar-refractivity contribution in [3.8, 4) is 0 Å². The van der Waals surface area contributed by atoms with Gasteiger partial charge in [0, 0.05) is 30.8 Å². The van der Waals surface area contributed by atoms with E-state index >= 15 is 0 Å². The lowest BCUT2D eigenvalue weighted by molar-refractivity contribution is 0.895. The van der Waals surface area contributed by atoms with Crippen molar-refractivity contribution in [2.24, 2.45) is 0 Å². The fourth-order valence-corrected chi connectivity index (χ4v) is 1.75. The molecule has 0 spiro atoms. The molecule has 0 saturated carbocycles. The summed E-state index contributed by atoms with van der Waals surface area (Å²) in [5, 5.41) is 0. The van der Waals surface area contributed by atoms with Gasteiger partial charge in [-0.05, 0) is 36.2 Å². The lowest BCUT2D eigenvalue weighted by atomic mass is 10.2. The van der Waals surface area contributed by atoms with Crippen molar-refractivity contribution in [2.75, 3.05) is 17.7 Å². The fraction of sp³-hybridized carbons (Fsp3) is 0.286. The molecule has 1 heterocycles. The smallest absolute Gasteiger partial charge is 0.229 e. The van der Waals surface area contributed by atoms with Crippen LogP contribution in [0.25, 0.3) is 0 Å². The average Bonchev–Trinajstić information content (AvgIpc) is 2.40. The number of aryl methyl sites for hydroxylation is 1. The molecule has 0 fully saturated rings. The van der Waals surface area contributed by atoms with Gasteiger partial charge in [-0.2, -0.15) is 0 Å². The van der Waals surface area contributed by atoms with Crippen LogP contribution in [-0.4, -0.2) is 17.0 Å². The topological polar surface area (TPSA) is 55.0 Å². The number of benzene rings is 1. The summed E-state index contributed by atoms with van der Waals surface area (Å²) in [5.74, 6) is 0.694. The minimum atomic E-state index is 0.694. The maximum atomic E-state index is 5.67. The van der Waals surface area contributed by atoms with Crippen LogP contribution in [0.15, 0.2) is 36.7 Å². The summed E-state index contributed by atoms with van der Waals surface area (Å²) in [7, 11) is 1.94. The van der Waals surface area contributed by atoms with E-state index in [1.54, 1.807) is 0 Å². The zero-order valence-electron chi connectivity index (χ0n) is 10.8. The normalized spacial score (nSPS) is 10.3. The summed E-state index contributed by atoms with van der Waals surface area (Å²) < 4.78 is 0. The Morgan fingerprint density at radius 1 is 1.11 bits per heavy atom. The van der Waals surface area contributed by atoms with Crippen LogP contribution in [0.5, 0.6) is 0 Å². The molecule has 18 heavy (non-hydrogen) atoms. The largest absolute Gasteiger partial charge is 0.399 e. The zero-order valence-corrected chi connectivity index (χ0v) is 10.8. The molecule has 4 nitrogen and oxygen atoms in total. The lowest BCUT2D eigenvalue weighted by Gasteiger charge is -2.17. The molecule has 0 aliphatic rings. The summed E-state index contributed by atoms with van der Waals surface area (Å²) in [6, 6.07) is 7.66. The molecule has 4 heteroatoms. The second-order valence-electron chi connectivity index (χ2n) is 4.29. The number of nitrogens with two attached hydrogens (primary N) is 1. The molecule has 2 aromatic rings. The second kappa shape index (κ2) is 5.49. The van der Waals surface area contributed by atoms with E-state index in [9.17, 15) is 0 Å². The monoisotopic (exact) mass is 242 g/mol. The van der Waals surface area contributed by atoms with E-state index in [-0.39, 0.29) is 0 Å². The average molecular weight is 242 g/mol. The molecule has 0 radical (unpaired) electrons. The van der Waals surface area contributed by atoms with Gasteiger partial charge in [-0.25, -0.2) is 9.97 Å². The van der Waals surface area contributed by atoms with Crippen molar-refractivity contribution in [2.45, 2.75) is 19.8 Å². The molecule has 0 aliphatic heterocycles. The Morgan fingerprint density at radius 3 is 2.28 bits per heavy atom. The van der Waals surface area contributed by atoms with Crippen LogP contribution in [0, 0.1) is 0 Å². The van der Waals surface area contributed by atoms with Gasteiger partial charge in [0.2, 0.25) is 5.95 Å². The van der Waals surface area contributed by atoms with Gasteiger partial charge in [-0.15, -0.1) is 0 Å². The number of nitrogens with zero attached hydrogens (tertiary/aromatic N) is 3. The molecule has 0 unspecified atom stereocenters. The third kappa shape index (κ3) is 2.77. The van der Waals surface area contributed by atoms with E-state index < -0.39 is 0 Å². The minimum absolute atomic E-state index is 0.694. The van der Waals surface area contributed by atoms with Gasteiger partial charge in [0.25, 0.3) is 0 Å². The summed E-state index contributed by atoms with van der Waals surface area (Å²) in [6.07, 6.45) is 5.90. The molecule has 0 bridgehead atoms. The molecule has 0 aliphatic carbocycles. The maximum Gasteiger partial charge on any atom is 0.229 e. The van der Waals surface area contributed by atoms with Crippen molar-refractivity contribution < 1.29 is 0 Å². The van der Waals surface area contributed by atoms with Crippen LogP contribution in [-0.2, 0) is 6.42 Å². The first-order chi connectivity index (χ1) is 8.70. The summed E-state index contributed by atoms with van der Waals surface area (Å²) in [5.41, 5.74) is 8.62. The molecular formula is C14H18N4. The SMILES string of the molecule is CCCc1cnc(N(C)c2ccc(N)cc2)nc1. The number of rotatable bonds is 4. The van der Waals surface area contributed by atoms with Crippen molar-refractivity contribution in [1.29, 1.82) is 0 Å². The molecule has 0 atom stereocenters. The van der Waals surface area contributed by atoms with Crippen molar-refractivity contribution >= 4 is 17.3 Å². The summed E-state index contributed by atoms with van der Waals surface area (Å²) in [6.45, 7) is 2.15. The van der Waals surface area contributed by atoms with E-state index in [0.29, 0.717) is 5.95 Å². The predicted molar refractivity (Wildman–Crippen MR) is 74.9 cm³/mol. The number of anilines is 3. The first-order valence-electron chi connectivity index (χ1n) is 6.11. The zero-order chi connectivity index (χ0) is 13.0. The highest BCUT2D eigenvalue weighted by atomic mass is 15.2. The maximum absolute atomic E-state index is 5.67. The third-order valence-electron chi connectivity index (χ3n) is 2.81. The highest BCUT2D eigenvalue weighted by molar-refractivity contribution is 5.59. The van der Waals surface area contributed by atoms with E-state index in [0.717, 1.165) is 24.2 Å². The first-order valence-corrected chi connectivity index (χ1v) is 6.11. The minimum Gasteiger partial charge on any atom is -0.399 e. The standard InChI is InChI=1S/C14H18N4/c1-3-4-11-9-16-14(17-10-11)18(2)13-7-5-12(15)6-8-13/h5-10H,3-4,15H2,1-2H3. The number of hydrogen-bond donors (Lipinski definition) is 1. The van der Waals surface area contributed by atoms with Gasteiger partial charge in [-0.3, -0.25) is 0 Å². The summed E-state index contributed by atoms with van der Waals surface area (Å²) >= 11 is 0. The van der Waals surface area contributed by atoms with E-state index in [1.165, 1.54) is 5.56 Å². The van der Waals surface area contributed by atoms with Gasteiger partial charge in [0.05, 0.1) is 0 Å². The van der Waals surface area contributed by atoms with Crippen molar-refractivity contribution in [3.63, 3.8) is 0 Å². The molecule has 0 amide bonds. The Bertz CT molecular complexity index is 490. The molecule has 94 valence electrons. The molecule has 1 aromatic carbocycles. The Labute approximate surface area is 107 Å². The predicted octanol–water partition coefficient (Wildman–Crippen LogP) is 2.78. The molecule has 1 aromatic heterocycles. The van der Waals surface area contributed by atoms with E-state index in [4.69, 9.17) is 5.73 Å². The van der Waals surface area contributed by atoms with Crippen LogP contribution in [0.2, 0.25) is 0 Å². The van der Waals surface area contributed by atoms with E-state index in [2.05, 4.69) is 16.9 Å². The van der Waals surface area contributed by atoms with Gasteiger partial charge in [0.1, 0.15) is 0 Å². The molecular weight excluding hydrogens is 224 g/mol. The Balaban J connectivity index is 2.17. The lowest BCUT2D eigenvalue weighted by Crippen LogP contribution is -2.13. The Hall–Kier alpha value is -2.10. The highest BCUT2D eigenvalue weighted by Crippen LogP contribution is 2.20. The first kappa shape index (κ1) is 12.4. The summed E-state index contributed by atoms with van der Waals surface area (Å²) in [4.78, 5) is 10.7. The van der Waals surface area contributed by atoms with Crippen LogP contribution in [0.4, 0.5) is 17.3 Å². The number of hydrogen-bond acceptors (Lipinski definition) is 4. The van der Waals surface area contributed by atoms with Crippen molar-refractivity contribution in [3.05, 3.63) is 42.2 Å². The van der Waals surface area contributed by atoms with Crippen LogP contribution < -0.4 is 10.6 Å². The van der Waals surface area contributed by atoms with Gasteiger partial charge in [0.15, 0.2) is 0 Å².